The molecule has 0 rings (SSSR count). The van der Waals surface area contributed by atoms with Crippen LogP contribution < -0.4 is 0 Å². The van der Waals surface area contributed by atoms with Gasteiger partial charge in [0.1, 0.15) is 12.2 Å². The highest BCUT2D eigenvalue weighted by Crippen LogP contribution is 2.02. The summed E-state index contributed by atoms with van der Waals surface area (Å²) >= 11 is 0. The van der Waals surface area contributed by atoms with Crippen molar-refractivity contribution < 1.29 is 19.7 Å². The summed E-state index contributed by atoms with van der Waals surface area (Å²) in [5.41, 5.74) is 0. The molecule has 96 valence electrons. The molecule has 0 heterocycles. The van der Waals surface area contributed by atoms with E-state index < -0.39 is 0 Å². The van der Waals surface area contributed by atoms with Gasteiger partial charge >= 0.3 is 5.97 Å². The van der Waals surface area contributed by atoms with Crippen LogP contribution in [0.1, 0.15) is 26.7 Å². The summed E-state index contributed by atoms with van der Waals surface area (Å²) in [6, 6.07) is 0. The topological polar surface area (TPSA) is 55.8 Å². The number of rotatable bonds is 8. The lowest BCUT2D eigenvalue weighted by molar-refractivity contribution is -0.266. The summed E-state index contributed by atoms with van der Waals surface area (Å²) in [5.74, 6) is -0.321. The first-order valence-electron chi connectivity index (χ1n) is 5.57. The quantitative estimate of drug-likeness (QED) is 0.233. The Balaban J connectivity index is 4.00. The number of carbonyl (C=O) groups excluding carboxylic acids is 1. The molecule has 2 atom stereocenters. The molecule has 17 heavy (non-hydrogen) atoms. The first-order chi connectivity index (χ1) is 8.13. The molecule has 0 saturated carbocycles. The molecule has 0 fully saturated rings. The van der Waals surface area contributed by atoms with E-state index in [9.17, 15) is 4.79 Å². The van der Waals surface area contributed by atoms with Gasteiger partial charge in [-0.05, 0) is 6.42 Å². The Morgan fingerprint density at radius 3 is 2.59 bits per heavy atom. The summed E-state index contributed by atoms with van der Waals surface area (Å²) in [5, 5.41) is 8.46. The molecule has 0 aliphatic carbocycles. The fraction of sp³-hybridized carbons (Fsp3) is 0.462. The molecule has 0 aromatic heterocycles. The van der Waals surface area contributed by atoms with Crippen molar-refractivity contribution in [3.05, 3.63) is 37.0 Å². The summed E-state index contributed by atoms with van der Waals surface area (Å²) in [6.07, 6.45) is 9.45. The van der Waals surface area contributed by atoms with Crippen molar-refractivity contribution in [2.75, 3.05) is 0 Å². The van der Waals surface area contributed by atoms with Crippen LogP contribution in [0.2, 0.25) is 0 Å². The molecule has 0 radical (unpaired) electrons. The molecule has 0 spiro atoms. The molecular formula is C13H20O4. The molecule has 4 heteroatoms. The molecule has 0 bridgehead atoms. The maximum atomic E-state index is 10.7. The number of esters is 1. The van der Waals surface area contributed by atoms with Gasteiger partial charge in [-0.15, -0.1) is 0 Å². The van der Waals surface area contributed by atoms with Crippen LogP contribution in [0, 0.1) is 0 Å². The van der Waals surface area contributed by atoms with Gasteiger partial charge in [0.15, 0.2) is 0 Å². The second-order valence-electron chi connectivity index (χ2n) is 3.48. The lowest BCUT2D eigenvalue weighted by atomic mass is 10.2. The van der Waals surface area contributed by atoms with Gasteiger partial charge < -0.3 is 4.74 Å². The molecule has 0 aliphatic rings. The van der Waals surface area contributed by atoms with Crippen LogP contribution in [0.15, 0.2) is 37.0 Å². The van der Waals surface area contributed by atoms with Crippen LogP contribution in [0.5, 0.6) is 0 Å². The van der Waals surface area contributed by atoms with Gasteiger partial charge in [-0.1, -0.05) is 43.9 Å². The SMILES string of the molecule is C=C[C@H](C/C=C\C=C\C(CC)OO)OC(C)=O. The molecule has 0 aromatic carbocycles. The standard InChI is InChI=1S/C13H20O4/c1-4-12(16-11(3)14)9-7-6-8-10-13(5-2)17-15/h4,6-8,10,12-13,15H,1,5,9H2,2-3H3/b7-6-,10-8+/t12-,13?/m1/s1. The average molecular weight is 240 g/mol. The fourth-order valence-corrected chi connectivity index (χ4v) is 1.13. The van der Waals surface area contributed by atoms with Gasteiger partial charge in [-0.3, -0.25) is 10.1 Å². The van der Waals surface area contributed by atoms with E-state index >= 15 is 0 Å². The second kappa shape index (κ2) is 9.81. The van der Waals surface area contributed by atoms with Gasteiger partial charge in [-0.2, -0.15) is 0 Å². The minimum absolute atomic E-state index is 0.289. The van der Waals surface area contributed by atoms with Crippen molar-refractivity contribution in [3.8, 4) is 0 Å². The Morgan fingerprint density at radius 1 is 1.41 bits per heavy atom. The number of ether oxygens (including phenoxy) is 1. The number of carbonyl (C=O) groups is 1. The molecule has 0 aliphatic heterocycles. The Hall–Kier alpha value is -1.39. The first kappa shape index (κ1) is 15.6. The zero-order valence-corrected chi connectivity index (χ0v) is 10.3. The third-order valence-corrected chi connectivity index (χ3v) is 2.06. The Labute approximate surface area is 102 Å². The van der Waals surface area contributed by atoms with Gasteiger partial charge in [0, 0.05) is 13.3 Å². The highest BCUT2D eigenvalue weighted by Gasteiger charge is 2.04. The fourth-order valence-electron chi connectivity index (χ4n) is 1.13. The third-order valence-electron chi connectivity index (χ3n) is 2.06. The van der Waals surface area contributed by atoms with E-state index in [1.165, 1.54) is 6.92 Å². The third kappa shape index (κ3) is 8.42. The lowest BCUT2D eigenvalue weighted by Crippen LogP contribution is -2.12. The maximum Gasteiger partial charge on any atom is 0.303 e. The number of hydrogen-bond acceptors (Lipinski definition) is 4. The molecule has 0 amide bonds. The first-order valence-corrected chi connectivity index (χ1v) is 5.57. The van der Waals surface area contributed by atoms with Gasteiger partial charge in [0.2, 0.25) is 0 Å². The largest absolute Gasteiger partial charge is 0.458 e. The smallest absolute Gasteiger partial charge is 0.303 e. The Morgan fingerprint density at radius 2 is 2.12 bits per heavy atom. The summed E-state index contributed by atoms with van der Waals surface area (Å²) in [6.45, 7) is 6.86. The highest BCUT2D eigenvalue weighted by molar-refractivity contribution is 5.66. The Kier molecular flexibility index (Phi) is 9.01. The van der Waals surface area contributed by atoms with Crippen LogP contribution in [0.25, 0.3) is 0 Å². The molecule has 0 aromatic rings. The number of hydrogen-bond donors (Lipinski definition) is 1. The second-order valence-corrected chi connectivity index (χ2v) is 3.48. The van der Waals surface area contributed by atoms with E-state index in [0.717, 1.165) is 0 Å². The van der Waals surface area contributed by atoms with Crippen LogP contribution in [-0.4, -0.2) is 23.4 Å². The average Bonchev–Trinajstić information content (AvgIpc) is 2.31. The molecule has 0 saturated heterocycles. The normalized spacial score (nSPS) is 15.0. The number of allylic oxidation sites excluding steroid dienone is 2. The Bertz CT molecular complexity index is 277. The van der Waals surface area contributed by atoms with Gasteiger partial charge in [0.25, 0.3) is 0 Å². The zero-order chi connectivity index (χ0) is 13.1. The molecule has 1 unspecified atom stereocenters. The van der Waals surface area contributed by atoms with Crippen LogP contribution in [0.4, 0.5) is 0 Å². The predicted molar refractivity (Wildman–Crippen MR) is 66.4 cm³/mol. The molecular weight excluding hydrogens is 220 g/mol. The zero-order valence-electron chi connectivity index (χ0n) is 10.3. The maximum absolute atomic E-state index is 10.7. The van der Waals surface area contributed by atoms with E-state index in [4.69, 9.17) is 9.99 Å². The minimum atomic E-state index is -0.321. The van der Waals surface area contributed by atoms with Crippen molar-refractivity contribution in [1.82, 2.24) is 0 Å². The van der Waals surface area contributed by atoms with Gasteiger partial charge in [0.05, 0.1) is 0 Å². The molecule has 1 N–H and O–H groups in total. The minimum Gasteiger partial charge on any atom is -0.458 e. The van der Waals surface area contributed by atoms with Crippen molar-refractivity contribution in [1.29, 1.82) is 0 Å². The van der Waals surface area contributed by atoms with Crippen molar-refractivity contribution >= 4 is 5.97 Å². The van der Waals surface area contributed by atoms with E-state index in [1.807, 2.05) is 19.1 Å². The van der Waals surface area contributed by atoms with Gasteiger partial charge in [-0.25, -0.2) is 4.89 Å². The monoisotopic (exact) mass is 240 g/mol. The predicted octanol–water partition coefficient (Wildman–Crippen LogP) is 2.87. The van der Waals surface area contributed by atoms with E-state index in [1.54, 1.807) is 18.2 Å². The summed E-state index contributed by atoms with van der Waals surface area (Å²) in [7, 11) is 0. The summed E-state index contributed by atoms with van der Waals surface area (Å²) < 4.78 is 4.97. The van der Waals surface area contributed by atoms with E-state index in [2.05, 4.69) is 11.5 Å². The van der Waals surface area contributed by atoms with Crippen molar-refractivity contribution in [2.24, 2.45) is 0 Å². The van der Waals surface area contributed by atoms with E-state index in [0.29, 0.717) is 12.8 Å². The van der Waals surface area contributed by atoms with Crippen molar-refractivity contribution in [3.63, 3.8) is 0 Å². The van der Waals surface area contributed by atoms with E-state index in [-0.39, 0.29) is 18.2 Å². The van der Waals surface area contributed by atoms with Crippen molar-refractivity contribution in [2.45, 2.75) is 38.9 Å². The van der Waals surface area contributed by atoms with Crippen LogP contribution in [0.3, 0.4) is 0 Å². The van der Waals surface area contributed by atoms with Crippen LogP contribution >= 0.6 is 0 Å². The molecule has 4 nitrogen and oxygen atoms in total. The highest BCUT2D eigenvalue weighted by atomic mass is 17.1. The van der Waals surface area contributed by atoms with Crippen LogP contribution in [-0.2, 0) is 14.4 Å². The summed E-state index contributed by atoms with van der Waals surface area (Å²) in [4.78, 5) is 14.9. The lowest BCUT2D eigenvalue weighted by Gasteiger charge is -2.09.